The van der Waals surface area contributed by atoms with Crippen LogP contribution < -0.4 is 0 Å². The first kappa shape index (κ1) is 9.56. The Morgan fingerprint density at radius 3 is 2.40 bits per heavy atom. The van der Waals surface area contributed by atoms with Crippen LogP contribution in [0.15, 0.2) is 12.2 Å². The Hall–Kier alpha value is -0.440. The SMILES string of the molecule is C/C=C/C(F)(F)[C@H](C)CO. The van der Waals surface area contributed by atoms with Crippen LogP contribution >= 0.6 is 0 Å². The summed E-state index contributed by atoms with van der Waals surface area (Å²) in [4.78, 5) is 0. The Kier molecular flexibility index (Phi) is 3.50. The van der Waals surface area contributed by atoms with Crippen LogP contribution in [0.4, 0.5) is 8.78 Å². The number of alkyl halides is 2. The van der Waals surface area contributed by atoms with Crippen molar-refractivity contribution in [3.63, 3.8) is 0 Å². The largest absolute Gasteiger partial charge is 0.396 e. The molecule has 1 N–H and O–H groups in total. The summed E-state index contributed by atoms with van der Waals surface area (Å²) < 4.78 is 25.1. The highest BCUT2D eigenvalue weighted by atomic mass is 19.3. The van der Waals surface area contributed by atoms with Gasteiger partial charge in [0.05, 0.1) is 6.61 Å². The van der Waals surface area contributed by atoms with Gasteiger partial charge in [-0.1, -0.05) is 13.0 Å². The molecular formula is C7H12F2O. The molecule has 10 heavy (non-hydrogen) atoms. The molecule has 0 spiro atoms. The van der Waals surface area contributed by atoms with E-state index in [-0.39, 0.29) is 0 Å². The zero-order valence-corrected chi connectivity index (χ0v) is 6.14. The van der Waals surface area contributed by atoms with Gasteiger partial charge in [-0.15, -0.1) is 0 Å². The summed E-state index contributed by atoms with van der Waals surface area (Å²) in [5.41, 5.74) is 0. The van der Waals surface area contributed by atoms with Crippen LogP contribution in [0.3, 0.4) is 0 Å². The van der Waals surface area contributed by atoms with E-state index in [4.69, 9.17) is 5.11 Å². The third-order valence-electron chi connectivity index (χ3n) is 1.32. The molecule has 0 radical (unpaired) electrons. The van der Waals surface area contributed by atoms with Gasteiger partial charge in [0.2, 0.25) is 0 Å². The van der Waals surface area contributed by atoms with Gasteiger partial charge in [0.25, 0.3) is 5.92 Å². The van der Waals surface area contributed by atoms with Crippen molar-refractivity contribution >= 4 is 0 Å². The second-order valence-corrected chi connectivity index (χ2v) is 2.26. The Bertz CT molecular complexity index is 121. The molecular weight excluding hydrogens is 138 g/mol. The summed E-state index contributed by atoms with van der Waals surface area (Å²) in [6, 6.07) is 0. The quantitative estimate of drug-likeness (QED) is 0.608. The number of rotatable bonds is 3. The van der Waals surface area contributed by atoms with Crippen molar-refractivity contribution in [1.29, 1.82) is 0 Å². The predicted molar refractivity (Wildman–Crippen MR) is 36.0 cm³/mol. The fraction of sp³-hybridized carbons (Fsp3) is 0.714. The van der Waals surface area contributed by atoms with E-state index >= 15 is 0 Å². The van der Waals surface area contributed by atoms with Gasteiger partial charge in [0, 0.05) is 5.92 Å². The van der Waals surface area contributed by atoms with Gasteiger partial charge >= 0.3 is 0 Å². The average molecular weight is 150 g/mol. The van der Waals surface area contributed by atoms with E-state index in [1.165, 1.54) is 19.9 Å². The maximum atomic E-state index is 12.6. The summed E-state index contributed by atoms with van der Waals surface area (Å²) in [6.07, 6.45) is 2.08. The van der Waals surface area contributed by atoms with Gasteiger partial charge < -0.3 is 5.11 Å². The molecule has 0 saturated carbocycles. The van der Waals surface area contributed by atoms with E-state index in [1.807, 2.05) is 0 Å². The summed E-state index contributed by atoms with van der Waals surface area (Å²) in [7, 11) is 0. The van der Waals surface area contributed by atoms with E-state index in [0.717, 1.165) is 6.08 Å². The van der Waals surface area contributed by atoms with Gasteiger partial charge in [0.15, 0.2) is 0 Å². The number of hydrogen-bond donors (Lipinski definition) is 1. The Morgan fingerprint density at radius 1 is 1.60 bits per heavy atom. The lowest BCUT2D eigenvalue weighted by Crippen LogP contribution is -2.25. The van der Waals surface area contributed by atoms with E-state index in [1.54, 1.807) is 0 Å². The molecule has 0 aromatic heterocycles. The molecule has 0 fully saturated rings. The lowest BCUT2D eigenvalue weighted by Gasteiger charge is -2.17. The first-order valence-electron chi connectivity index (χ1n) is 3.17. The van der Waals surface area contributed by atoms with Crippen molar-refractivity contribution in [3.05, 3.63) is 12.2 Å². The minimum absolute atomic E-state index is 0.489. The van der Waals surface area contributed by atoms with E-state index < -0.39 is 18.4 Å². The first-order chi connectivity index (χ1) is 4.54. The Labute approximate surface area is 59.4 Å². The van der Waals surface area contributed by atoms with Crippen molar-refractivity contribution in [2.24, 2.45) is 5.92 Å². The molecule has 0 aromatic rings. The third kappa shape index (κ3) is 2.43. The van der Waals surface area contributed by atoms with Crippen LogP contribution in [-0.4, -0.2) is 17.6 Å². The molecule has 0 aliphatic carbocycles. The molecule has 3 heteroatoms. The molecule has 60 valence electrons. The number of hydrogen-bond acceptors (Lipinski definition) is 1. The minimum Gasteiger partial charge on any atom is -0.396 e. The number of aliphatic hydroxyl groups is 1. The van der Waals surface area contributed by atoms with Gasteiger partial charge in [-0.05, 0) is 13.0 Å². The van der Waals surface area contributed by atoms with Crippen LogP contribution in [0.5, 0.6) is 0 Å². The van der Waals surface area contributed by atoms with Crippen LogP contribution in [0, 0.1) is 5.92 Å². The van der Waals surface area contributed by atoms with E-state index in [0.29, 0.717) is 0 Å². The molecule has 1 nitrogen and oxygen atoms in total. The summed E-state index contributed by atoms with van der Waals surface area (Å²) in [6.45, 7) is 2.34. The molecule has 0 saturated heterocycles. The molecule has 0 unspecified atom stereocenters. The maximum Gasteiger partial charge on any atom is 0.271 e. The maximum absolute atomic E-state index is 12.6. The molecule has 0 aromatic carbocycles. The summed E-state index contributed by atoms with van der Waals surface area (Å²) in [5.74, 6) is -3.87. The lowest BCUT2D eigenvalue weighted by molar-refractivity contribution is -0.0237. The van der Waals surface area contributed by atoms with Crippen LogP contribution in [0.2, 0.25) is 0 Å². The van der Waals surface area contributed by atoms with Gasteiger partial charge in [-0.2, -0.15) is 0 Å². The number of halogens is 2. The van der Waals surface area contributed by atoms with Gasteiger partial charge in [-0.25, -0.2) is 8.78 Å². The third-order valence-corrected chi connectivity index (χ3v) is 1.32. The second kappa shape index (κ2) is 3.66. The highest BCUT2D eigenvalue weighted by molar-refractivity contribution is 4.95. The van der Waals surface area contributed by atoms with Gasteiger partial charge in [-0.3, -0.25) is 0 Å². The topological polar surface area (TPSA) is 20.2 Å². The van der Waals surface area contributed by atoms with Crippen LogP contribution in [0.1, 0.15) is 13.8 Å². The minimum atomic E-state index is -2.87. The molecule has 0 amide bonds. The van der Waals surface area contributed by atoms with E-state index in [9.17, 15) is 8.78 Å². The highest BCUT2D eigenvalue weighted by Gasteiger charge is 2.31. The zero-order chi connectivity index (χ0) is 8.20. The molecule has 0 aliphatic heterocycles. The smallest absolute Gasteiger partial charge is 0.271 e. The second-order valence-electron chi connectivity index (χ2n) is 2.26. The molecule has 0 bridgehead atoms. The van der Waals surface area contributed by atoms with Crippen LogP contribution in [-0.2, 0) is 0 Å². The van der Waals surface area contributed by atoms with Crippen molar-refractivity contribution < 1.29 is 13.9 Å². The van der Waals surface area contributed by atoms with Gasteiger partial charge in [0.1, 0.15) is 0 Å². The number of aliphatic hydroxyl groups excluding tert-OH is 1. The monoisotopic (exact) mass is 150 g/mol. The Balaban J connectivity index is 4.09. The van der Waals surface area contributed by atoms with E-state index in [2.05, 4.69) is 0 Å². The molecule has 1 atom stereocenters. The standard InChI is InChI=1S/C7H12F2O/c1-3-4-7(8,9)6(2)5-10/h3-4,6,10H,5H2,1-2H3/b4-3+/t6-/m1/s1. The molecule has 0 aliphatic rings. The van der Waals surface area contributed by atoms with Crippen molar-refractivity contribution in [2.75, 3.05) is 6.61 Å². The summed E-state index contributed by atoms with van der Waals surface area (Å²) >= 11 is 0. The lowest BCUT2D eigenvalue weighted by atomic mass is 10.1. The average Bonchev–Trinajstić information content (AvgIpc) is 1.86. The number of allylic oxidation sites excluding steroid dienone is 2. The van der Waals surface area contributed by atoms with Crippen molar-refractivity contribution in [1.82, 2.24) is 0 Å². The molecule has 0 rings (SSSR count). The highest BCUT2D eigenvalue weighted by Crippen LogP contribution is 2.25. The molecule has 0 heterocycles. The fourth-order valence-corrected chi connectivity index (χ4v) is 0.508. The van der Waals surface area contributed by atoms with Crippen LogP contribution in [0.25, 0.3) is 0 Å². The zero-order valence-electron chi connectivity index (χ0n) is 6.14. The summed E-state index contributed by atoms with van der Waals surface area (Å²) in [5, 5.41) is 8.38. The first-order valence-corrected chi connectivity index (χ1v) is 3.17. The van der Waals surface area contributed by atoms with Crippen molar-refractivity contribution in [2.45, 2.75) is 19.8 Å². The normalized spacial score (nSPS) is 16.1. The Morgan fingerprint density at radius 2 is 2.10 bits per heavy atom. The predicted octanol–water partition coefficient (Wildman–Crippen LogP) is 1.83. The van der Waals surface area contributed by atoms with Crippen molar-refractivity contribution in [3.8, 4) is 0 Å². The fourth-order valence-electron chi connectivity index (χ4n) is 0.508.